The fourth-order valence-corrected chi connectivity index (χ4v) is 2.45. The van der Waals surface area contributed by atoms with Crippen molar-refractivity contribution in [3.63, 3.8) is 0 Å². The second-order valence-electron chi connectivity index (χ2n) is 4.43. The SMILES string of the molecule is CC(C)C1CCN=C2C=C(I)C=CN2C1=O. The summed E-state index contributed by atoms with van der Waals surface area (Å²) in [6.45, 7) is 4.94. The molecule has 0 N–H and O–H groups in total. The molecule has 1 atom stereocenters. The van der Waals surface area contributed by atoms with Gasteiger partial charge < -0.3 is 0 Å². The smallest absolute Gasteiger partial charge is 0.235 e. The molecule has 3 nitrogen and oxygen atoms in total. The first kappa shape index (κ1) is 11.8. The summed E-state index contributed by atoms with van der Waals surface area (Å²) in [5.41, 5.74) is 0. The Morgan fingerprint density at radius 3 is 3.00 bits per heavy atom. The second-order valence-corrected chi connectivity index (χ2v) is 5.68. The van der Waals surface area contributed by atoms with Crippen molar-refractivity contribution in [1.82, 2.24) is 4.90 Å². The van der Waals surface area contributed by atoms with Gasteiger partial charge in [-0.15, -0.1) is 0 Å². The van der Waals surface area contributed by atoms with Crippen molar-refractivity contribution in [3.05, 3.63) is 21.9 Å². The molecule has 2 heterocycles. The molecule has 2 aliphatic rings. The Morgan fingerprint density at radius 2 is 2.31 bits per heavy atom. The molecule has 86 valence electrons. The van der Waals surface area contributed by atoms with Crippen LogP contribution in [0.1, 0.15) is 20.3 Å². The third-order valence-corrected chi connectivity index (χ3v) is 3.64. The third kappa shape index (κ3) is 2.21. The largest absolute Gasteiger partial charge is 0.274 e. The number of aliphatic imine (C=N–C) groups is 1. The van der Waals surface area contributed by atoms with Gasteiger partial charge in [0.1, 0.15) is 5.84 Å². The number of hydrogen-bond acceptors (Lipinski definition) is 2. The molecule has 0 spiro atoms. The van der Waals surface area contributed by atoms with Gasteiger partial charge in [-0.05, 0) is 47.1 Å². The third-order valence-electron chi connectivity index (χ3n) is 2.97. The van der Waals surface area contributed by atoms with Crippen LogP contribution in [0, 0.1) is 11.8 Å². The predicted molar refractivity (Wildman–Crippen MR) is 73.3 cm³/mol. The molecule has 2 rings (SSSR count). The minimum atomic E-state index is 0.0926. The maximum Gasteiger partial charge on any atom is 0.235 e. The van der Waals surface area contributed by atoms with E-state index < -0.39 is 0 Å². The minimum Gasteiger partial charge on any atom is -0.274 e. The monoisotopic (exact) mass is 330 g/mol. The van der Waals surface area contributed by atoms with Crippen LogP contribution in [0.2, 0.25) is 0 Å². The number of carbonyl (C=O) groups excluding carboxylic acids is 1. The van der Waals surface area contributed by atoms with Gasteiger partial charge in [0.2, 0.25) is 5.91 Å². The summed E-state index contributed by atoms with van der Waals surface area (Å²) < 4.78 is 1.11. The molecule has 0 aromatic rings. The topological polar surface area (TPSA) is 32.7 Å². The number of nitrogens with zero attached hydrogens (tertiary/aromatic N) is 2. The normalized spacial score (nSPS) is 25.1. The molecule has 0 aliphatic carbocycles. The van der Waals surface area contributed by atoms with Gasteiger partial charge in [-0.25, -0.2) is 0 Å². The van der Waals surface area contributed by atoms with E-state index >= 15 is 0 Å². The number of rotatable bonds is 1. The zero-order valence-electron chi connectivity index (χ0n) is 9.48. The van der Waals surface area contributed by atoms with Gasteiger partial charge in [0, 0.05) is 22.2 Å². The van der Waals surface area contributed by atoms with E-state index in [1.807, 2.05) is 18.4 Å². The van der Waals surface area contributed by atoms with E-state index in [-0.39, 0.29) is 11.8 Å². The average Bonchev–Trinajstić information content (AvgIpc) is 2.37. The molecule has 0 saturated heterocycles. The Kier molecular flexibility index (Phi) is 3.47. The first-order chi connectivity index (χ1) is 7.59. The highest BCUT2D eigenvalue weighted by atomic mass is 127. The van der Waals surface area contributed by atoms with Gasteiger partial charge in [-0.2, -0.15) is 0 Å². The van der Waals surface area contributed by atoms with Crippen LogP contribution >= 0.6 is 22.6 Å². The Hall–Kier alpha value is -0.650. The summed E-state index contributed by atoms with van der Waals surface area (Å²) in [5, 5.41) is 0. The van der Waals surface area contributed by atoms with E-state index in [9.17, 15) is 4.79 Å². The van der Waals surface area contributed by atoms with Crippen LogP contribution in [0.25, 0.3) is 0 Å². The molecule has 0 aromatic heterocycles. The van der Waals surface area contributed by atoms with Gasteiger partial charge in [0.15, 0.2) is 0 Å². The Balaban J connectivity index is 2.29. The van der Waals surface area contributed by atoms with Crippen LogP contribution in [-0.4, -0.2) is 23.2 Å². The molecule has 2 aliphatic heterocycles. The molecule has 0 saturated carbocycles. The van der Waals surface area contributed by atoms with E-state index in [2.05, 4.69) is 41.4 Å². The summed E-state index contributed by atoms with van der Waals surface area (Å²) in [4.78, 5) is 18.5. The van der Waals surface area contributed by atoms with Crippen molar-refractivity contribution < 1.29 is 4.79 Å². The van der Waals surface area contributed by atoms with E-state index in [1.165, 1.54) is 0 Å². The first-order valence-corrected chi connectivity index (χ1v) is 6.60. The predicted octanol–water partition coefficient (Wildman–Crippen LogP) is 2.74. The average molecular weight is 330 g/mol. The molecular weight excluding hydrogens is 315 g/mol. The highest BCUT2D eigenvalue weighted by Crippen LogP contribution is 2.25. The second kappa shape index (κ2) is 4.69. The van der Waals surface area contributed by atoms with Crippen molar-refractivity contribution in [2.45, 2.75) is 20.3 Å². The molecule has 4 heteroatoms. The zero-order valence-corrected chi connectivity index (χ0v) is 11.6. The molecule has 0 fully saturated rings. The summed E-state index contributed by atoms with van der Waals surface area (Å²) in [6, 6.07) is 0. The van der Waals surface area contributed by atoms with Gasteiger partial charge in [-0.1, -0.05) is 13.8 Å². The number of amides is 1. The van der Waals surface area contributed by atoms with E-state index in [1.54, 1.807) is 4.90 Å². The zero-order chi connectivity index (χ0) is 11.7. The Morgan fingerprint density at radius 1 is 1.56 bits per heavy atom. The van der Waals surface area contributed by atoms with E-state index in [4.69, 9.17) is 0 Å². The number of halogens is 1. The highest BCUT2D eigenvalue weighted by molar-refractivity contribution is 14.1. The number of hydrogen-bond donors (Lipinski definition) is 0. The van der Waals surface area contributed by atoms with Crippen LogP contribution in [0.5, 0.6) is 0 Å². The summed E-state index contributed by atoms with van der Waals surface area (Å²) in [7, 11) is 0. The molecule has 1 unspecified atom stereocenters. The molecule has 0 bridgehead atoms. The van der Waals surface area contributed by atoms with Crippen molar-refractivity contribution in [1.29, 1.82) is 0 Å². The van der Waals surface area contributed by atoms with Gasteiger partial charge in [0.05, 0.1) is 0 Å². The van der Waals surface area contributed by atoms with Crippen molar-refractivity contribution >= 4 is 34.3 Å². The fourth-order valence-electron chi connectivity index (χ4n) is 2.01. The maximum atomic E-state index is 12.3. The van der Waals surface area contributed by atoms with Crippen LogP contribution in [0.4, 0.5) is 0 Å². The molecule has 1 amide bonds. The lowest BCUT2D eigenvalue weighted by Crippen LogP contribution is -2.37. The van der Waals surface area contributed by atoms with Gasteiger partial charge in [-0.3, -0.25) is 14.7 Å². The number of amidine groups is 1. The summed E-state index contributed by atoms with van der Waals surface area (Å²) in [6.07, 6.45) is 6.60. The minimum absolute atomic E-state index is 0.0926. The molecule has 16 heavy (non-hydrogen) atoms. The maximum absolute atomic E-state index is 12.3. The molecular formula is C12H15IN2O. The van der Waals surface area contributed by atoms with E-state index in [0.717, 1.165) is 22.4 Å². The van der Waals surface area contributed by atoms with Crippen LogP contribution < -0.4 is 0 Å². The first-order valence-electron chi connectivity index (χ1n) is 5.52. The van der Waals surface area contributed by atoms with E-state index in [0.29, 0.717) is 5.92 Å². The fraction of sp³-hybridized carbons (Fsp3) is 0.500. The van der Waals surface area contributed by atoms with Crippen LogP contribution in [0.15, 0.2) is 26.9 Å². The Bertz CT molecular complexity index is 396. The van der Waals surface area contributed by atoms with Crippen molar-refractivity contribution in [2.24, 2.45) is 16.8 Å². The Labute approximate surface area is 109 Å². The van der Waals surface area contributed by atoms with Crippen molar-refractivity contribution in [2.75, 3.05) is 6.54 Å². The van der Waals surface area contributed by atoms with Gasteiger partial charge >= 0.3 is 0 Å². The number of allylic oxidation sites excluding steroid dienone is 2. The van der Waals surface area contributed by atoms with Crippen LogP contribution in [-0.2, 0) is 4.79 Å². The standard InChI is InChI=1S/C12H15IN2O/c1-8(2)10-3-5-14-11-7-9(13)4-6-15(11)12(10)16/h4,6-8,10H,3,5H2,1-2H3. The lowest BCUT2D eigenvalue weighted by Gasteiger charge is -2.25. The van der Waals surface area contributed by atoms with Crippen molar-refractivity contribution in [3.8, 4) is 0 Å². The lowest BCUT2D eigenvalue weighted by atomic mass is 9.91. The molecule has 0 aromatic carbocycles. The lowest BCUT2D eigenvalue weighted by molar-refractivity contribution is -0.130. The summed E-state index contributed by atoms with van der Waals surface area (Å²) in [5.74, 6) is 1.44. The number of carbonyl (C=O) groups is 1. The molecule has 0 radical (unpaired) electrons. The quantitative estimate of drug-likeness (QED) is 0.681. The highest BCUT2D eigenvalue weighted by Gasteiger charge is 2.30. The van der Waals surface area contributed by atoms with Crippen LogP contribution in [0.3, 0.4) is 0 Å². The van der Waals surface area contributed by atoms with Gasteiger partial charge in [0.25, 0.3) is 0 Å². The number of fused-ring (bicyclic) bond motifs is 1. The summed E-state index contributed by atoms with van der Waals surface area (Å²) >= 11 is 2.24.